The summed E-state index contributed by atoms with van der Waals surface area (Å²) in [6.45, 7) is 4.49. The molecule has 1 aromatic carbocycles. The molecule has 1 aliphatic rings. The van der Waals surface area contributed by atoms with Gasteiger partial charge >= 0.3 is 0 Å². The Hall–Kier alpha value is -1.46. The standard InChI is InChI=1S/C15H22N2O3.ClH/c1-11-10-16-7-8-17(11)15(18)9-12-13(19-2)5-4-6-14(12)20-3;/h4-6,11,16H,7-10H2,1-3H3;1H. The Kier molecular flexibility index (Phi) is 6.78. The fourth-order valence-corrected chi connectivity index (χ4v) is 2.57. The highest BCUT2D eigenvalue weighted by molar-refractivity contribution is 5.85. The second-order valence-corrected chi connectivity index (χ2v) is 4.96. The fraction of sp³-hybridized carbons (Fsp3) is 0.533. The monoisotopic (exact) mass is 314 g/mol. The molecular formula is C15H23ClN2O3. The van der Waals surface area contributed by atoms with Crippen molar-refractivity contribution in [2.24, 2.45) is 0 Å². The van der Waals surface area contributed by atoms with Gasteiger partial charge in [0.2, 0.25) is 5.91 Å². The molecule has 1 unspecified atom stereocenters. The number of carbonyl (C=O) groups excluding carboxylic acids is 1. The Morgan fingerprint density at radius 2 is 1.95 bits per heavy atom. The maximum Gasteiger partial charge on any atom is 0.227 e. The lowest BCUT2D eigenvalue weighted by Gasteiger charge is -2.34. The summed E-state index contributed by atoms with van der Waals surface area (Å²) in [6, 6.07) is 5.79. The molecule has 2 rings (SSSR count). The van der Waals surface area contributed by atoms with Crippen molar-refractivity contribution in [3.8, 4) is 11.5 Å². The van der Waals surface area contributed by atoms with Gasteiger partial charge in [-0.3, -0.25) is 4.79 Å². The van der Waals surface area contributed by atoms with Crippen LogP contribution in [0.1, 0.15) is 12.5 Å². The van der Waals surface area contributed by atoms with Crippen molar-refractivity contribution in [1.82, 2.24) is 10.2 Å². The van der Waals surface area contributed by atoms with Crippen LogP contribution in [0.25, 0.3) is 0 Å². The Labute approximate surface area is 132 Å². The largest absolute Gasteiger partial charge is 0.496 e. The summed E-state index contributed by atoms with van der Waals surface area (Å²) in [6.07, 6.45) is 0.303. The number of nitrogens with zero attached hydrogens (tertiary/aromatic N) is 1. The molecule has 1 heterocycles. The number of nitrogens with one attached hydrogen (secondary N) is 1. The van der Waals surface area contributed by atoms with Crippen molar-refractivity contribution in [3.05, 3.63) is 23.8 Å². The zero-order valence-corrected chi connectivity index (χ0v) is 13.5. The number of hydrogen-bond acceptors (Lipinski definition) is 4. The summed E-state index contributed by atoms with van der Waals surface area (Å²) in [5.41, 5.74) is 0.813. The predicted octanol–water partition coefficient (Wildman–Crippen LogP) is 1.49. The molecule has 1 saturated heterocycles. The first-order valence-electron chi connectivity index (χ1n) is 6.87. The van der Waals surface area contributed by atoms with Gasteiger partial charge in [0.05, 0.1) is 20.6 Å². The number of piperazine rings is 1. The van der Waals surface area contributed by atoms with E-state index in [-0.39, 0.29) is 24.4 Å². The number of halogens is 1. The first-order valence-corrected chi connectivity index (χ1v) is 6.87. The summed E-state index contributed by atoms with van der Waals surface area (Å²) in [7, 11) is 3.21. The molecule has 0 aliphatic carbocycles. The minimum atomic E-state index is 0. The van der Waals surface area contributed by atoms with E-state index in [1.165, 1.54) is 0 Å². The summed E-state index contributed by atoms with van der Waals surface area (Å²) >= 11 is 0. The molecule has 1 aromatic rings. The molecule has 1 N–H and O–H groups in total. The van der Waals surface area contributed by atoms with Gasteiger partial charge in [-0.05, 0) is 19.1 Å². The topological polar surface area (TPSA) is 50.8 Å². The van der Waals surface area contributed by atoms with Crippen molar-refractivity contribution in [2.75, 3.05) is 33.9 Å². The van der Waals surface area contributed by atoms with E-state index < -0.39 is 0 Å². The molecule has 0 saturated carbocycles. The van der Waals surface area contributed by atoms with E-state index in [1.807, 2.05) is 23.1 Å². The molecule has 1 aliphatic heterocycles. The summed E-state index contributed by atoms with van der Waals surface area (Å²) < 4.78 is 10.7. The number of ether oxygens (including phenoxy) is 2. The molecule has 118 valence electrons. The molecule has 21 heavy (non-hydrogen) atoms. The van der Waals surface area contributed by atoms with E-state index >= 15 is 0 Å². The number of carbonyl (C=O) groups is 1. The van der Waals surface area contributed by atoms with Crippen LogP contribution < -0.4 is 14.8 Å². The number of benzene rings is 1. The quantitative estimate of drug-likeness (QED) is 0.915. The van der Waals surface area contributed by atoms with Crippen molar-refractivity contribution in [3.63, 3.8) is 0 Å². The number of rotatable bonds is 4. The molecular weight excluding hydrogens is 292 g/mol. The average Bonchev–Trinajstić information content (AvgIpc) is 2.47. The van der Waals surface area contributed by atoms with Crippen molar-refractivity contribution in [2.45, 2.75) is 19.4 Å². The van der Waals surface area contributed by atoms with Crippen LogP contribution >= 0.6 is 12.4 Å². The third kappa shape index (κ3) is 4.02. The van der Waals surface area contributed by atoms with Gasteiger partial charge in [0.15, 0.2) is 0 Å². The number of methoxy groups -OCH3 is 2. The van der Waals surface area contributed by atoms with Crippen LogP contribution in [-0.4, -0.2) is 50.7 Å². The highest BCUT2D eigenvalue weighted by atomic mass is 35.5. The van der Waals surface area contributed by atoms with Gasteiger partial charge in [0, 0.05) is 31.2 Å². The Morgan fingerprint density at radius 1 is 1.33 bits per heavy atom. The second kappa shape index (κ2) is 8.10. The summed E-state index contributed by atoms with van der Waals surface area (Å²) in [5, 5.41) is 3.29. The van der Waals surface area contributed by atoms with Gasteiger partial charge in [0.25, 0.3) is 0 Å². The smallest absolute Gasteiger partial charge is 0.227 e. The van der Waals surface area contributed by atoms with Crippen LogP contribution in [-0.2, 0) is 11.2 Å². The fourth-order valence-electron chi connectivity index (χ4n) is 2.57. The van der Waals surface area contributed by atoms with Gasteiger partial charge < -0.3 is 19.7 Å². The maximum atomic E-state index is 12.5. The maximum absolute atomic E-state index is 12.5. The van der Waals surface area contributed by atoms with E-state index in [9.17, 15) is 4.79 Å². The van der Waals surface area contributed by atoms with Crippen LogP contribution in [0.3, 0.4) is 0 Å². The third-order valence-electron chi connectivity index (χ3n) is 3.68. The number of amides is 1. The molecule has 0 aromatic heterocycles. The molecule has 5 nitrogen and oxygen atoms in total. The molecule has 0 radical (unpaired) electrons. The molecule has 0 spiro atoms. The minimum Gasteiger partial charge on any atom is -0.496 e. The van der Waals surface area contributed by atoms with Crippen LogP contribution in [0.5, 0.6) is 11.5 Å². The normalized spacial score (nSPS) is 17.9. The van der Waals surface area contributed by atoms with E-state index in [0.717, 1.165) is 25.2 Å². The average molecular weight is 315 g/mol. The minimum absolute atomic E-state index is 0. The van der Waals surface area contributed by atoms with E-state index in [0.29, 0.717) is 17.9 Å². The third-order valence-corrected chi connectivity index (χ3v) is 3.68. The lowest BCUT2D eigenvalue weighted by atomic mass is 10.1. The molecule has 1 fully saturated rings. The molecule has 6 heteroatoms. The SMILES string of the molecule is COc1cccc(OC)c1CC(=O)N1CCNCC1C.Cl. The first-order chi connectivity index (χ1) is 9.67. The lowest BCUT2D eigenvalue weighted by molar-refractivity contribution is -0.133. The van der Waals surface area contributed by atoms with E-state index in [2.05, 4.69) is 12.2 Å². The predicted molar refractivity (Wildman–Crippen MR) is 84.5 cm³/mol. The molecule has 1 amide bonds. The van der Waals surface area contributed by atoms with Gasteiger partial charge in [-0.1, -0.05) is 6.07 Å². The Bertz CT molecular complexity index is 460. The van der Waals surface area contributed by atoms with E-state index in [1.54, 1.807) is 14.2 Å². The van der Waals surface area contributed by atoms with Crippen molar-refractivity contribution >= 4 is 18.3 Å². The van der Waals surface area contributed by atoms with Gasteiger partial charge in [-0.25, -0.2) is 0 Å². The van der Waals surface area contributed by atoms with Crippen LogP contribution in [0.4, 0.5) is 0 Å². The number of hydrogen-bond donors (Lipinski definition) is 1. The van der Waals surface area contributed by atoms with E-state index in [4.69, 9.17) is 9.47 Å². The highest BCUT2D eigenvalue weighted by Gasteiger charge is 2.24. The van der Waals surface area contributed by atoms with Gasteiger partial charge in [-0.15, -0.1) is 12.4 Å². The Balaban J connectivity index is 0.00000220. The molecule has 0 bridgehead atoms. The van der Waals surface area contributed by atoms with Gasteiger partial charge in [0.1, 0.15) is 11.5 Å². The highest BCUT2D eigenvalue weighted by Crippen LogP contribution is 2.29. The zero-order valence-electron chi connectivity index (χ0n) is 12.7. The zero-order chi connectivity index (χ0) is 14.5. The van der Waals surface area contributed by atoms with Gasteiger partial charge in [-0.2, -0.15) is 0 Å². The summed E-state index contributed by atoms with van der Waals surface area (Å²) in [4.78, 5) is 14.4. The summed E-state index contributed by atoms with van der Waals surface area (Å²) in [5.74, 6) is 1.50. The first kappa shape index (κ1) is 17.6. The van der Waals surface area contributed by atoms with Crippen LogP contribution in [0.2, 0.25) is 0 Å². The molecule has 1 atom stereocenters. The Morgan fingerprint density at radius 3 is 2.48 bits per heavy atom. The van der Waals surface area contributed by atoms with Crippen molar-refractivity contribution < 1.29 is 14.3 Å². The second-order valence-electron chi connectivity index (χ2n) is 4.96. The van der Waals surface area contributed by atoms with Crippen LogP contribution in [0, 0.1) is 0 Å². The van der Waals surface area contributed by atoms with Crippen LogP contribution in [0.15, 0.2) is 18.2 Å². The lowest BCUT2D eigenvalue weighted by Crippen LogP contribution is -2.52. The van der Waals surface area contributed by atoms with Crippen molar-refractivity contribution in [1.29, 1.82) is 0 Å².